The van der Waals surface area contributed by atoms with Crippen molar-refractivity contribution in [2.75, 3.05) is 0 Å². The van der Waals surface area contributed by atoms with E-state index in [1.807, 2.05) is 0 Å². The maximum Gasteiger partial charge on any atom is 0.305 e. The fraction of sp³-hybridized carbons (Fsp3) is 0.857. The van der Waals surface area contributed by atoms with Crippen LogP contribution in [0.1, 0.15) is 105 Å². The number of carboxylic acid groups (broad SMARTS) is 1. The molecule has 162 valence electrons. The van der Waals surface area contributed by atoms with Gasteiger partial charge in [0, 0.05) is 46.6 Å². The molecule has 2 N–H and O–H groups in total. The van der Waals surface area contributed by atoms with Crippen LogP contribution in [0, 0.1) is 11.8 Å². The van der Waals surface area contributed by atoms with Crippen molar-refractivity contribution >= 4 is 17.5 Å². The molecule has 0 bridgehead atoms. The van der Waals surface area contributed by atoms with Gasteiger partial charge in [0.05, 0.1) is 6.10 Å². The fourth-order valence-corrected chi connectivity index (χ4v) is 3.44. The van der Waals surface area contributed by atoms with Crippen molar-refractivity contribution < 1.29 is 48.5 Å². The average molecular weight is 416 g/mol. The van der Waals surface area contributed by atoms with Crippen molar-refractivity contribution in [3.63, 3.8) is 0 Å². The molecule has 0 heterocycles. The number of aliphatic carboxylic acids is 1. The molecule has 0 saturated heterocycles. The minimum atomic E-state index is -5.23. The van der Waals surface area contributed by atoms with Crippen LogP contribution in [0.5, 0.6) is 0 Å². The van der Waals surface area contributed by atoms with Crippen LogP contribution >= 0.6 is 0 Å². The van der Waals surface area contributed by atoms with Crippen molar-refractivity contribution in [2.45, 2.75) is 102 Å². The molecule has 1 saturated carbocycles. The Labute approximate surface area is 181 Å². The highest BCUT2D eigenvalue weighted by Gasteiger charge is 2.43. The number of aliphatic hydroxyl groups excluding tert-OH is 1. The summed E-state index contributed by atoms with van der Waals surface area (Å²) in [6.07, 6.45) is -18.6. The lowest BCUT2D eigenvalue weighted by Crippen LogP contribution is -2.30. The number of hydrogen-bond acceptors (Lipinski definition) is 4. The van der Waals surface area contributed by atoms with Crippen LogP contribution in [0.3, 0.4) is 0 Å². The van der Waals surface area contributed by atoms with E-state index in [-0.39, 0.29) is 25.0 Å². The monoisotopic (exact) mass is 415 g/mol. The molecule has 0 aliphatic heterocycles. The Bertz CT molecular complexity index is 909. The van der Waals surface area contributed by atoms with Crippen LogP contribution in [-0.4, -0.2) is 39.8 Å². The number of Topliss-reactive ketones (excluding diaryl/α,β-unsaturated/α-hetero) is 2. The fourth-order valence-electron chi connectivity index (χ4n) is 3.44. The van der Waals surface area contributed by atoms with Gasteiger partial charge < -0.3 is 10.2 Å². The number of carbonyl (C=O) groups excluding carboxylic acids is 2. The number of halogens is 2. The molecule has 0 aromatic carbocycles. The van der Waals surface area contributed by atoms with E-state index in [9.17, 15) is 19.5 Å². The first kappa shape index (κ1) is 12.4. The van der Waals surface area contributed by atoms with E-state index >= 15 is 8.78 Å². The summed E-state index contributed by atoms with van der Waals surface area (Å²) >= 11 is 0. The third kappa shape index (κ3) is 8.33. The number of carboxylic acids is 1. The number of rotatable bonds is 15. The van der Waals surface area contributed by atoms with Crippen LogP contribution < -0.4 is 0 Å². The Morgan fingerprint density at radius 3 is 2.57 bits per heavy atom. The molecule has 28 heavy (non-hydrogen) atoms. The predicted molar refractivity (Wildman–Crippen MR) is 101 cm³/mol. The minimum absolute atomic E-state index is 0.0201. The molecule has 1 fully saturated rings. The summed E-state index contributed by atoms with van der Waals surface area (Å²) in [4.78, 5) is 35.3. The summed E-state index contributed by atoms with van der Waals surface area (Å²) < 4.78 is 113. The van der Waals surface area contributed by atoms with Crippen LogP contribution in [0.25, 0.3) is 0 Å². The van der Waals surface area contributed by atoms with E-state index < -0.39 is 80.8 Å². The number of alkyl halides is 2. The molecule has 1 aliphatic carbocycles. The normalized spacial score (nSPS) is 30.9. The SMILES string of the molecule is [2H]C([2H])([2H])C([2H])([2H])C([2H])([2H])C([2H])([2H])C([2H])([2H])C(F)(F)C(=O)CC[C@H]1[C@H](O)CC(=O)[C@@H]1CCCCCCC(=O)O. The molecule has 1 aliphatic rings. The molecule has 0 unspecified atom stereocenters. The Kier molecular flexibility index (Phi) is 5.40. The first-order valence-corrected chi connectivity index (χ1v) is 9.21. The van der Waals surface area contributed by atoms with Crippen molar-refractivity contribution in [3.05, 3.63) is 0 Å². The first-order chi connectivity index (χ1) is 17.4. The van der Waals surface area contributed by atoms with E-state index in [1.54, 1.807) is 0 Å². The van der Waals surface area contributed by atoms with E-state index in [4.69, 9.17) is 20.2 Å². The van der Waals surface area contributed by atoms with Crippen LogP contribution in [0.15, 0.2) is 0 Å². The summed E-state index contributed by atoms with van der Waals surface area (Å²) in [5.74, 6) is -10.4. The Morgan fingerprint density at radius 1 is 1.18 bits per heavy atom. The summed E-state index contributed by atoms with van der Waals surface area (Å²) in [5, 5.41) is 18.9. The number of hydrogen-bond donors (Lipinski definition) is 2. The zero-order valence-corrected chi connectivity index (χ0v) is 15.5. The highest BCUT2D eigenvalue weighted by Crippen LogP contribution is 2.37. The van der Waals surface area contributed by atoms with Gasteiger partial charge in [-0.25, -0.2) is 0 Å². The van der Waals surface area contributed by atoms with Gasteiger partial charge in [0.25, 0.3) is 0 Å². The molecule has 0 amide bonds. The molecular formula is C21H34F2O5. The summed E-state index contributed by atoms with van der Waals surface area (Å²) in [6, 6.07) is 0. The minimum Gasteiger partial charge on any atom is -0.481 e. The predicted octanol–water partition coefficient (Wildman–Crippen LogP) is 4.54. The van der Waals surface area contributed by atoms with Crippen LogP contribution in [0.2, 0.25) is 0 Å². The lowest BCUT2D eigenvalue weighted by atomic mass is 9.85. The van der Waals surface area contributed by atoms with Crippen molar-refractivity contribution in [1.82, 2.24) is 0 Å². The summed E-state index contributed by atoms with van der Waals surface area (Å²) in [7, 11) is 0. The smallest absolute Gasteiger partial charge is 0.305 e. The summed E-state index contributed by atoms with van der Waals surface area (Å²) in [6.45, 7) is -3.87. The zero-order chi connectivity index (χ0) is 30.8. The maximum absolute atomic E-state index is 15.1. The second kappa shape index (κ2) is 12.2. The third-order valence-corrected chi connectivity index (χ3v) is 4.89. The van der Waals surface area contributed by atoms with E-state index in [2.05, 4.69) is 0 Å². The van der Waals surface area contributed by atoms with Gasteiger partial charge in [0.1, 0.15) is 5.78 Å². The number of aliphatic hydroxyl groups is 1. The number of unbranched alkanes of at least 4 members (excludes halogenated alkanes) is 3. The number of carbonyl (C=O) groups is 3. The second-order valence-corrected chi connectivity index (χ2v) is 6.89. The topological polar surface area (TPSA) is 91.7 Å². The standard InChI is InChI=1S/C21H34F2O5/c1-2-3-8-13-21(22,23)19(26)12-11-16-15(17(24)14-18(16)25)9-6-4-5-7-10-20(27)28/h15-16,18,25H,2-14H2,1H3,(H,27,28)/t15-,16-,18-/m1/s1/i1D3,2D2,3D2,8D2,13D2. The van der Waals surface area contributed by atoms with Crippen molar-refractivity contribution in [2.24, 2.45) is 11.8 Å². The highest BCUT2D eigenvalue weighted by molar-refractivity contribution is 5.86. The van der Waals surface area contributed by atoms with Gasteiger partial charge in [-0.1, -0.05) is 38.9 Å². The average Bonchev–Trinajstić information content (AvgIpc) is 3.04. The van der Waals surface area contributed by atoms with Gasteiger partial charge in [-0.2, -0.15) is 8.78 Å². The van der Waals surface area contributed by atoms with Gasteiger partial charge in [0.15, 0.2) is 0 Å². The Hall–Kier alpha value is -1.37. The van der Waals surface area contributed by atoms with Crippen molar-refractivity contribution in [3.8, 4) is 0 Å². The molecule has 0 radical (unpaired) electrons. The zero-order valence-electron chi connectivity index (χ0n) is 26.5. The van der Waals surface area contributed by atoms with Gasteiger partial charge >= 0.3 is 11.9 Å². The van der Waals surface area contributed by atoms with E-state index in [1.165, 1.54) is 0 Å². The lowest BCUT2D eigenvalue weighted by molar-refractivity contribution is -0.144. The molecule has 5 nitrogen and oxygen atoms in total. The van der Waals surface area contributed by atoms with E-state index in [0.717, 1.165) is 0 Å². The van der Waals surface area contributed by atoms with E-state index in [0.29, 0.717) is 25.7 Å². The van der Waals surface area contributed by atoms with Gasteiger partial charge in [0.2, 0.25) is 5.78 Å². The van der Waals surface area contributed by atoms with Gasteiger partial charge in [-0.05, 0) is 31.6 Å². The van der Waals surface area contributed by atoms with Crippen LogP contribution in [-0.2, 0) is 14.4 Å². The molecule has 3 atom stereocenters. The quantitative estimate of drug-likeness (QED) is 0.383. The molecule has 7 heteroatoms. The molecule has 0 spiro atoms. The largest absolute Gasteiger partial charge is 0.481 e. The third-order valence-electron chi connectivity index (χ3n) is 4.89. The van der Waals surface area contributed by atoms with Gasteiger partial charge in [-0.15, -0.1) is 0 Å². The Balaban J connectivity index is 3.01. The number of ketones is 2. The molecule has 1 rings (SSSR count). The lowest BCUT2D eigenvalue weighted by Gasteiger charge is -2.22. The first-order valence-electron chi connectivity index (χ1n) is 14.7. The second-order valence-electron chi connectivity index (χ2n) is 6.89. The summed E-state index contributed by atoms with van der Waals surface area (Å²) in [5.41, 5.74) is 0. The molecular weight excluding hydrogens is 370 g/mol. The van der Waals surface area contributed by atoms with Gasteiger partial charge in [-0.3, -0.25) is 14.4 Å². The highest BCUT2D eigenvalue weighted by atomic mass is 19.3. The Morgan fingerprint density at radius 2 is 1.89 bits per heavy atom. The molecule has 0 aromatic rings. The van der Waals surface area contributed by atoms with Crippen molar-refractivity contribution in [1.29, 1.82) is 0 Å². The molecule has 0 aromatic heterocycles. The maximum atomic E-state index is 15.1. The van der Waals surface area contributed by atoms with Crippen LogP contribution in [0.4, 0.5) is 8.78 Å².